The second kappa shape index (κ2) is 5.72. The van der Waals surface area contributed by atoms with Gasteiger partial charge in [0.05, 0.1) is 0 Å². The van der Waals surface area contributed by atoms with E-state index in [1.54, 1.807) is 0 Å². The normalized spacial score (nSPS) is 24.9. The van der Waals surface area contributed by atoms with Crippen LogP contribution in [0, 0.1) is 5.92 Å². The van der Waals surface area contributed by atoms with Gasteiger partial charge in [-0.2, -0.15) is 0 Å². The molecule has 1 aromatic rings. The van der Waals surface area contributed by atoms with Crippen LogP contribution < -0.4 is 10.2 Å². The van der Waals surface area contributed by atoms with E-state index < -0.39 is 0 Å². The molecule has 2 saturated heterocycles. The summed E-state index contributed by atoms with van der Waals surface area (Å²) in [5, 5.41) is 3.36. The van der Waals surface area contributed by atoms with Gasteiger partial charge in [0.2, 0.25) is 5.91 Å². The van der Waals surface area contributed by atoms with E-state index in [-0.39, 0.29) is 5.91 Å². The molecule has 2 aliphatic heterocycles. The number of nitrogens with one attached hydrogen (secondary N) is 1. The van der Waals surface area contributed by atoms with Gasteiger partial charge in [-0.3, -0.25) is 4.79 Å². The average Bonchev–Trinajstić information content (AvgIpc) is 2.82. The van der Waals surface area contributed by atoms with Crippen LogP contribution in [0.1, 0.15) is 6.42 Å². The number of hydrogen-bond donors (Lipinski definition) is 1. The molecule has 2 heterocycles. The fraction of sp³-hybridized carbons (Fsp3) is 0.533. The summed E-state index contributed by atoms with van der Waals surface area (Å²) in [7, 11) is 0. The maximum atomic E-state index is 12.1. The molecule has 0 spiro atoms. The third-order valence-electron chi connectivity index (χ3n) is 4.00. The molecule has 4 heteroatoms. The van der Waals surface area contributed by atoms with Crippen molar-refractivity contribution in [3.63, 3.8) is 0 Å². The molecule has 102 valence electrons. The van der Waals surface area contributed by atoms with Gasteiger partial charge in [-0.25, -0.2) is 0 Å². The number of anilines is 1. The molecule has 0 bridgehead atoms. The molecule has 1 amide bonds. The van der Waals surface area contributed by atoms with E-state index in [0.717, 1.165) is 45.0 Å². The van der Waals surface area contributed by atoms with E-state index in [1.165, 1.54) is 0 Å². The third kappa shape index (κ3) is 2.96. The van der Waals surface area contributed by atoms with Crippen molar-refractivity contribution in [3.8, 4) is 0 Å². The molecule has 1 atom stereocenters. The number of rotatable bonds is 3. The summed E-state index contributed by atoms with van der Waals surface area (Å²) in [4.78, 5) is 16.5. The number of benzene rings is 1. The number of piperazine rings is 1. The smallest absolute Gasteiger partial charge is 0.227 e. The maximum Gasteiger partial charge on any atom is 0.227 e. The van der Waals surface area contributed by atoms with Crippen LogP contribution in [0.2, 0.25) is 0 Å². The van der Waals surface area contributed by atoms with Crippen molar-refractivity contribution in [3.05, 3.63) is 30.3 Å². The number of nitrogens with zero attached hydrogens (tertiary/aromatic N) is 2. The van der Waals surface area contributed by atoms with E-state index in [1.807, 2.05) is 35.2 Å². The summed E-state index contributed by atoms with van der Waals surface area (Å²) in [5.41, 5.74) is 1.04. The van der Waals surface area contributed by atoms with Gasteiger partial charge in [0, 0.05) is 51.4 Å². The Bertz CT molecular complexity index is 428. The number of carbonyl (C=O) groups excluding carboxylic acids is 1. The van der Waals surface area contributed by atoms with Crippen molar-refractivity contribution in [1.29, 1.82) is 0 Å². The Labute approximate surface area is 114 Å². The zero-order chi connectivity index (χ0) is 13.1. The van der Waals surface area contributed by atoms with E-state index in [9.17, 15) is 4.79 Å². The van der Waals surface area contributed by atoms with Gasteiger partial charge in [-0.1, -0.05) is 18.2 Å². The van der Waals surface area contributed by atoms with Crippen molar-refractivity contribution in [2.45, 2.75) is 6.42 Å². The van der Waals surface area contributed by atoms with Crippen LogP contribution in [0.3, 0.4) is 0 Å². The van der Waals surface area contributed by atoms with Crippen LogP contribution in [0.25, 0.3) is 0 Å². The largest absolute Gasteiger partial charge is 0.314 e. The fourth-order valence-electron chi connectivity index (χ4n) is 3.02. The molecule has 1 unspecified atom stereocenters. The highest BCUT2D eigenvalue weighted by molar-refractivity contribution is 5.95. The molecule has 2 fully saturated rings. The first-order valence-corrected chi connectivity index (χ1v) is 7.11. The highest BCUT2D eigenvalue weighted by Crippen LogP contribution is 2.25. The summed E-state index contributed by atoms with van der Waals surface area (Å²) in [6.45, 7) is 6.28. The monoisotopic (exact) mass is 259 g/mol. The van der Waals surface area contributed by atoms with Crippen LogP contribution in [-0.4, -0.2) is 50.1 Å². The molecule has 19 heavy (non-hydrogen) atoms. The first-order valence-electron chi connectivity index (χ1n) is 7.11. The first kappa shape index (κ1) is 12.6. The Morgan fingerprint density at radius 3 is 2.63 bits per heavy atom. The average molecular weight is 259 g/mol. The van der Waals surface area contributed by atoms with Gasteiger partial charge in [0.25, 0.3) is 0 Å². The van der Waals surface area contributed by atoms with Crippen molar-refractivity contribution in [2.24, 2.45) is 5.92 Å². The maximum absolute atomic E-state index is 12.1. The van der Waals surface area contributed by atoms with Crippen LogP contribution in [-0.2, 0) is 4.79 Å². The third-order valence-corrected chi connectivity index (χ3v) is 4.00. The minimum absolute atomic E-state index is 0.270. The molecule has 1 aromatic carbocycles. The highest BCUT2D eigenvalue weighted by Gasteiger charge is 2.31. The van der Waals surface area contributed by atoms with Gasteiger partial charge in [0.15, 0.2) is 0 Å². The lowest BCUT2D eigenvalue weighted by molar-refractivity contribution is -0.117. The molecular weight excluding hydrogens is 238 g/mol. The predicted octanol–water partition coefficient (Wildman–Crippen LogP) is 0.945. The van der Waals surface area contributed by atoms with Gasteiger partial charge in [-0.15, -0.1) is 0 Å². The van der Waals surface area contributed by atoms with Crippen LogP contribution in [0.5, 0.6) is 0 Å². The van der Waals surface area contributed by atoms with Gasteiger partial charge in [-0.05, 0) is 18.1 Å². The minimum atomic E-state index is 0.270. The lowest BCUT2D eigenvalue weighted by Gasteiger charge is -2.29. The Balaban J connectivity index is 1.60. The SMILES string of the molecule is O=C1CC(CN2CCNCC2)CN1c1ccccc1. The predicted molar refractivity (Wildman–Crippen MR) is 76.2 cm³/mol. The Morgan fingerprint density at radius 1 is 1.16 bits per heavy atom. The molecular formula is C15H21N3O. The molecule has 4 nitrogen and oxygen atoms in total. The van der Waals surface area contributed by atoms with Gasteiger partial charge >= 0.3 is 0 Å². The van der Waals surface area contributed by atoms with Crippen molar-refractivity contribution in [1.82, 2.24) is 10.2 Å². The molecule has 0 aromatic heterocycles. The molecule has 2 aliphatic rings. The zero-order valence-electron chi connectivity index (χ0n) is 11.2. The lowest BCUT2D eigenvalue weighted by atomic mass is 10.1. The molecule has 1 N–H and O–H groups in total. The Hall–Kier alpha value is -1.39. The van der Waals surface area contributed by atoms with Gasteiger partial charge < -0.3 is 15.1 Å². The minimum Gasteiger partial charge on any atom is -0.314 e. The molecule has 0 aliphatic carbocycles. The van der Waals surface area contributed by atoms with E-state index in [2.05, 4.69) is 10.2 Å². The van der Waals surface area contributed by atoms with E-state index in [0.29, 0.717) is 12.3 Å². The van der Waals surface area contributed by atoms with Crippen molar-refractivity contribution >= 4 is 11.6 Å². The van der Waals surface area contributed by atoms with E-state index >= 15 is 0 Å². The summed E-state index contributed by atoms with van der Waals surface area (Å²) in [6.07, 6.45) is 0.693. The summed E-state index contributed by atoms with van der Waals surface area (Å²) < 4.78 is 0. The second-order valence-corrected chi connectivity index (χ2v) is 5.46. The first-order chi connectivity index (χ1) is 9.33. The van der Waals surface area contributed by atoms with E-state index in [4.69, 9.17) is 0 Å². The van der Waals surface area contributed by atoms with Crippen LogP contribution in [0.4, 0.5) is 5.69 Å². The lowest BCUT2D eigenvalue weighted by Crippen LogP contribution is -2.45. The quantitative estimate of drug-likeness (QED) is 0.877. The topological polar surface area (TPSA) is 35.6 Å². The highest BCUT2D eigenvalue weighted by atomic mass is 16.2. The van der Waals surface area contributed by atoms with Crippen LogP contribution in [0.15, 0.2) is 30.3 Å². The van der Waals surface area contributed by atoms with Gasteiger partial charge in [0.1, 0.15) is 0 Å². The number of para-hydroxylation sites is 1. The number of hydrogen-bond acceptors (Lipinski definition) is 3. The number of amides is 1. The standard InChI is InChI=1S/C15H21N3O/c19-15-10-13(11-17-8-6-16-7-9-17)12-18(15)14-4-2-1-3-5-14/h1-5,13,16H,6-12H2. The Morgan fingerprint density at radius 2 is 1.89 bits per heavy atom. The molecule has 0 radical (unpaired) electrons. The molecule has 3 rings (SSSR count). The fourth-order valence-corrected chi connectivity index (χ4v) is 3.02. The zero-order valence-corrected chi connectivity index (χ0v) is 11.2. The van der Waals surface area contributed by atoms with Crippen LogP contribution >= 0.6 is 0 Å². The summed E-state index contributed by atoms with van der Waals surface area (Å²) >= 11 is 0. The summed E-state index contributed by atoms with van der Waals surface area (Å²) in [6, 6.07) is 10.0. The van der Waals surface area contributed by atoms with Crippen molar-refractivity contribution < 1.29 is 4.79 Å². The molecule has 0 saturated carbocycles. The Kier molecular flexibility index (Phi) is 3.80. The number of carbonyl (C=O) groups is 1. The second-order valence-electron chi connectivity index (χ2n) is 5.46. The summed E-state index contributed by atoms with van der Waals surface area (Å²) in [5.74, 6) is 0.747. The van der Waals surface area contributed by atoms with Crippen molar-refractivity contribution in [2.75, 3.05) is 44.2 Å².